The summed E-state index contributed by atoms with van der Waals surface area (Å²) in [5.74, 6) is -0.901. The number of nitrogens with zero attached hydrogens (tertiary/aromatic N) is 5. The van der Waals surface area contributed by atoms with Gasteiger partial charge in [-0.3, -0.25) is 39.1 Å². The fraction of sp³-hybridized carbons (Fsp3) is 0.364. The van der Waals surface area contributed by atoms with Crippen LogP contribution < -0.4 is 5.32 Å². The van der Waals surface area contributed by atoms with Crippen LogP contribution in [-0.4, -0.2) is 54.3 Å². The van der Waals surface area contributed by atoms with Gasteiger partial charge in [-0.25, -0.2) is 4.98 Å². The summed E-state index contributed by atoms with van der Waals surface area (Å²) in [4.78, 5) is 61.2. The molecule has 10 nitrogen and oxygen atoms in total. The molecule has 0 spiro atoms. The van der Waals surface area contributed by atoms with Crippen molar-refractivity contribution in [2.24, 2.45) is 5.92 Å². The molecule has 2 aromatic heterocycles. The minimum Gasteiger partial charge on any atom is -0.295 e. The summed E-state index contributed by atoms with van der Waals surface area (Å²) in [6.07, 6.45) is 10.1. The Kier molecular flexibility index (Phi) is 5.99. The first-order chi connectivity index (χ1) is 20.9. The summed E-state index contributed by atoms with van der Waals surface area (Å²) in [6, 6.07) is 12.6. The van der Waals surface area contributed by atoms with Crippen LogP contribution >= 0.6 is 0 Å². The Labute approximate surface area is 247 Å². The largest absolute Gasteiger partial charge is 0.295 e. The van der Waals surface area contributed by atoms with Crippen molar-refractivity contribution in [1.29, 1.82) is 0 Å². The zero-order chi connectivity index (χ0) is 29.2. The molecule has 1 N–H and O–H groups in total. The lowest BCUT2D eigenvalue weighted by Crippen LogP contribution is -2.54. The first-order valence-electron chi connectivity index (χ1n) is 15.1. The highest BCUT2D eigenvalue weighted by Gasteiger charge is 2.45. The van der Waals surface area contributed by atoms with E-state index in [1.54, 1.807) is 12.1 Å². The lowest BCUT2D eigenvalue weighted by molar-refractivity contribution is -0.136. The number of fused-ring (bicyclic) bond motifs is 2. The molecule has 216 valence electrons. The maximum Gasteiger partial charge on any atom is 0.262 e. The van der Waals surface area contributed by atoms with Gasteiger partial charge in [0.05, 0.1) is 45.8 Å². The Balaban J connectivity index is 0.954. The van der Waals surface area contributed by atoms with E-state index in [1.165, 1.54) is 0 Å². The van der Waals surface area contributed by atoms with E-state index in [4.69, 9.17) is 10.1 Å². The smallest absolute Gasteiger partial charge is 0.262 e. The second-order valence-electron chi connectivity index (χ2n) is 12.2. The van der Waals surface area contributed by atoms with Gasteiger partial charge in [-0.2, -0.15) is 5.10 Å². The molecule has 0 bridgehead atoms. The fourth-order valence-electron chi connectivity index (χ4n) is 6.84. The SMILES string of the molecule is O=C1CCC(N2C(=O)c3cccc(CCC4CC(n5cc(-c6cnc7ccccc7n6)c(C6CC6)n5)C4)c3C2=O)C(=O)N1. The van der Waals surface area contributed by atoms with Gasteiger partial charge in [0.2, 0.25) is 11.8 Å². The number of piperidine rings is 1. The van der Waals surface area contributed by atoms with Crippen molar-refractivity contribution in [3.63, 3.8) is 0 Å². The molecule has 0 radical (unpaired) electrons. The van der Waals surface area contributed by atoms with Crippen LogP contribution in [0, 0.1) is 5.92 Å². The average molecular weight is 575 g/mol. The molecule has 43 heavy (non-hydrogen) atoms. The number of amides is 4. The zero-order valence-electron chi connectivity index (χ0n) is 23.5. The summed E-state index contributed by atoms with van der Waals surface area (Å²) in [7, 11) is 0. The molecule has 10 heteroatoms. The first kappa shape index (κ1) is 25.9. The standard InChI is InChI=1S/C33H30N6O4/c40-28-13-12-27(31(41)36-28)39-32(42)22-5-3-4-19(29(22)33(39)43)9-8-18-14-21(15-18)38-17-23(30(37-38)20-10-11-20)26-16-34-24-6-1-2-7-25(24)35-26/h1-7,16-18,20-21,27H,8-15H2,(H,36,40,41). The molecule has 4 heterocycles. The second kappa shape index (κ2) is 9.93. The van der Waals surface area contributed by atoms with E-state index in [-0.39, 0.29) is 18.7 Å². The van der Waals surface area contributed by atoms with Crippen molar-refractivity contribution in [3.05, 3.63) is 77.2 Å². The number of carbonyl (C=O) groups is 4. The summed E-state index contributed by atoms with van der Waals surface area (Å²) in [6.45, 7) is 0. The topological polar surface area (TPSA) is 127 Å². The number of aromatic nitrogens is 4. The van der Waals surface area contributed by atoms with Gasteiger partial charge in [-0.15, -0.1) is 0 Å². The van der Waals surface area contributed by atoms with Gasteiger partial charge >= 0.3 is 0 Å². The van der Waals surface area contributed by atoms with Crippen LogP contribution in [-0.2, 0) is 16.0 Å². The molecule has 1 saturated heterocycles. The molecule has 2 aliphatic carbocycles. The van der Waals surface area contributed by atoms with Crippen LogP contribution in [0.5, 0.6) is 0 Å². The molecule has 4 aromatic rings. The summed E-state index contributed by atoms with van der Waals surface area (Å²) in [5.41, 5.74) is 6.40. The van der Waals surface area contributed by atoms with Gasteiger partial charge in [0.25, 0.3) is 11.8 Å². The minimum atomic E-state index is -0.953. The molecule has 3 fully saturated rings. The number of hydrogen-bond acceptors (Lipinski definition) is 7. The molecule has 4 aliphatic rings. The third kappa shape index (κ3) is 4.43. The maximum absolute atomic E-state index is 13.4. The van der Waals surface area contributed by atoms with Crippen molar-refractivity contribution in [2.45, 2.75) is 69.4 Å². The van der Waals surface area contributed by atoms with Crippen LogP contribution in [0.25, 0.3) is 22.3 Å². The highest BCUT2D eigenvalue weighted by Crippen LogP contribution is 2.46. The van der Waals surface area contributed by atoms with Crippen LogP contribution in [0.2, 0.25) is 0 Å². The third-order valence-corrected chi connectivity index (χ3v) is 9.41. The van der Waals surface area contributed by atoms with Crippen molar-refractivity contribution in [2.75, 3.05) is 0 Å². The Morgan fingerprint density at radius 2 is 1.70 bits per heavy atom. The van der Waals surface area contributed by atoms with E-state index in [1.807, 2.05) is 36.5 Å². The number of nitrogens with one attached hydrogen (secondary N) is 1. The van der Waals surface area contributed by atoms with E-state index in [0.29, 0.717) is 35.4 Å². The van der Waals surface area contributed by atoms with Crippen LogP contribution in [0.3, 0.4) is 0 Å². The van der Waals surface area contributed by atoms with Crippen molar-refractivity contribution >= 4 is 34.7 Å². The lowest BCUT2D eigenvalue weighted by Gasteiger charge is -2.35. The lowest BCUT2D eigenvalue weighted by atomic mass is 9.76. The van der Waals surface area contributed by atoms with E-state index in [9.17, 15) is 19.2 Å². The Morgan fingerprint density at radius 1 is 0.884 bits per heavy atom. The predicted molar refractivity (Wildman–Crippen MR) is 156 cm³/mol. The molecule has 2 aromatic carbocycles. The van der Waals surface area contributed by atoms with Gasteiger partial charge < -0.3 is 0 Å². The van der Waals surface area contributed by atoms with E-state index in [0.717, 1.165) is 70.6 Å². The van der Waals surface area contributed by atoms with Gasteiger partial charge in [0.1, 0.15) is 6.04 Å². The predicted octanol–water partition coefficient (Wildman–Crippen LogP) is 4.36. The molecule has 2 saturated carbocycles. The van der Waals surface area contributed by atoms with Crippen LogP contribution in [0.4, 0.5) is 0 Å². The van der Waals surface area contributed by atoms with Gasteiger partial charge in [-0.05, 0) is 74.6 Å². The van der Waals surface area contributed by atoms with E-state index in [2.05, 4.69) is 21.2 Å². The van der Waals surface area contributed by atoms with Crippen molar-refractivity contribution in [3.8, 4) is 11.3 Å². The molecule has 4 amide bonds. The summed E-state index contributed by atoms with van der Waals surface area (Å²) in [5, 5.41) is 7.29. The molecule has 1 atom stereocenters. The quantitative estimate of drug-likeness (QED) is 0.325. The van der Waals surface area contributed by atoms with Crippen LogP contribution in [0.1, 0.15) is 88.9 Å². The van der Waals surface area contributed by atoms with E-state index < -0.39 is 23.8 Å². The number of hydrogen-bond donors (Lipinski definition) is 1. The van der Waals surface area contributed by atoms with Gasteiger partial charge in [-0.1, -0.05) is 24.3 Å². The summed E-state index contributed by atoms with van der Waals surface area (Å²) < 4.78 is 2.12. The van der Waals surface area contributed by atoms with Gasteiger partial charge in [0.15, 0.2) is 0 Å². The van der Waals surface area contributed by atoms with Crippen molar-refractivity contribution in [1.82, 2.24) is 30.0 Å². The molecule has 8 rings (SSSR count). The van der Waals surface area contributed by atoms with Crippen molar-refractivity contribution < 1.29 is 19.2 Å². The number of benzene rings is 2. The fourth-order valence-corrected chi connectivity index (χ4v) is 6.84. The number of para-hydroxylation sites is 2. The molecule has 2 aliphatic heterocycles. The second-order valence-corrected chi connectivity index (χ2v) is 12.2. The molecule has 1 unspecified atom stereocenters. The third-order valence-electron chi connectivity index (χ3n) is 9.41. The van der Waals surface area contributed by atoms with Crippen LogP contribution in [0.15, 0.2) is 54.9 Å². The van der Waals surface area contributed by atoms with E-state index >= 15 is 0 Å². The Hall–Kier alpha value is -4.73. The number of carbonyl (C=O) groups excluding carboxylic acids is 4. The summed E-state index contributed by atoms with van der Waals surface area (Å²) >= 11 is 0. The number of imide groups is 2. The normalized spacial score (nSPS) is 23.4. The minimum absolute atomic E-state index is 0.106. The Bertz CT molecular complexity index is 1840. The highest BCUT2D eigenvalue weighted by atomic mass is 16.2. The monoisotopic (exact) mass is 574 g/mol. The first-order valence-corrected chi connectivity index (χ1v) is 15.1. The molecular formula is C33H30N6O4. The highest BCUT2D eigenvalue weighted by molar-refractivity contribution is 6.24. The number of aryl methyl sites for hydroxylation is 1. The molecular weight excluding hydrogens is 544 g/mol. The number of rotatable bonds is 7. The maximum atomic E-state index is 13.4. The zero-order valence-corrected chi connectivity index (χ0v) is 23.5. The average Bonchev–Trinajstić information content (AvgIpc) is 3.69. The Morgan fingerprint density at radius 3 is 2.49 bits per heavy atom. The van der Waals surface area contributed by atoms with Gasteiger partial charge in [0, 0.05) is 24.1 Å².